The first-order valence-corrected chi connectivity index (χ1v) is 8.42. The van der Waals surface area contributed by atoms with Gasteiger partial charge in [-0.3, -0.25) is 4.79 Å². The van der Waals surface area contributed by atoms with Gasteiger partial charge in [-0.05, 0) is 75.0 Å². The van der Waals surface area contributed by atoms with Gasteiger partial charge in [-0.25, -0.2) is 0 Å². The molecule has 0 saturated heterocycles. The highest BCUT2D eigenvalue weighted by atomic mass is 32.2. The molecule has 4 rings (SSSR count). The van der Waals surface area contributed by atoms with Crippen molar-refractivity contribution in [3.8, 4) is 5.40 Å². The van der Waals surface area contributed by atoms with Gasteiger partial charge in [0, 0.05) is 6.04 Å². The standard InChI is InChI=1S/C15H22N2O2S/c1-9(17)13(20-8-16)14(18)19-15-5-10-2-11(6-15)4-12(3-10)7-15/h9-13H,2-7,17H2,1H3. The molecule has 4 saturated carbocycles. The average molecular weight is 294 g/mol. The maximum Gasteiger partial charge on any atom is 0.322 e. The van der Waals surface area contributed by atoms with Crippen molar-refractivity contribution in [2.45, 2.75) is 62.3 Å². The van der Waals surface area contributed by atoms with E-state index in [4.69, 9.17) is 15.7 Å². The van der Waals surface area contributed by atoms with Gasteiger partial charge < -0.3 is 10.5 Å². The Morgan fingerprint density at radius 1 is 1.30 bits per heavy atom. The predicted molar refractivity (Wildman–Crippen MR) is 77.6 cm³/mol. The molecule has 0 heterocycles. The van der Waals surface area contributed by atoms with Gasteiger partial charge in [0.2, 0.25) is 0 Å². The quantitative estimate of drug-likeness (QED) is 0.636. The molecule has 0 aromatic carbocycles. The number of hydrogen-bond acceptors (Lipinski definition) is 5. The van der Waals surface area contributed by atoms with Crippen molar-refractivity contribution in [1.82, 2.24) is 0 Å². The largest absolute Gasteiger partial charge is 0.458 e. The highest BCUT2D eigenvalue weighted by Crippen LogP contribution is 2.57. The van der Waals surface area contributed by atoms with Crippen molar-refractivity contribution in [3.63, 3.8) is 0 Å². The lowest BCUT2D eigenvalue weighted by atomic mass is 9.54. The minimum absolute atomic E-state index is 0.241. The van der Waals surface area contributed by atoms with E-state index in [2.05, 4.69) is 0 Å². The summed E-state index contributed by atoms with van der Waals surface area (Å²) in [6.45, 7) is 1.76. The Balaban J connectivity index is 1.71. The van der Waals surface area contributed by atoms with Gasteiger partial charge in [-0.15, -0.1) is 0 Å². The zero-order chi connectivity index (χ0) is 14.3. The lowest BCUT2D eigenvalue weighted by molar-refractivity contribution is -0.186. The molecule has 0 spiro atoms. The number of thioether (sulfide) groups is 1. The van der Waals surface area contributed by atoms with E-state index >= 15 is 0 Å². The van der Waals surface area contributed by atoms with Crippen LogP contribution in [-0.4, -0.2) is 22.9 Å². The van der Waals surface area contributed by atoms with Crippen molar-refractivity contribution >= 4 is 17.7 Å². The number of hydrogen-bond donors (Lipinski definition) is 1. The van der Waals surface area contributed by atoms with E-state index in [1.165, 1.54) is 19.3 Å². The Kier molecular flexibility index (Phi) is 3.72. The third kappa shape index (κ3) is 2.56. The van der Waals surface area contributed by atoms with Crippen LogP contribution in [0.25, 0.3) is 0 Å². The van der Waals surface area contributed by atoms with Crippen LogP contribution in [0.15, 0.2) is 0 Å². The van der Waals surface area contributed by atoms with E-state index in [1.807, 2.05) is 5.40 Å². The molecule has 0 amide bonds. The second-order valence-electron chi connectivity index (χ2n) is 7.01. The Morgan fingerprint density at radius 3 is 2.20 bits per heavy atom. The zero-order valence-corrected chi connectivity index (χ0v) is 12.7. The molecule has 2 N–H and O–H groups in total. The molecule has 4 aliphatic rings. The Morgan fingerprint density at radius 2 is 1.80 bits per heavy atom. The maximum atomic E-state index is 12.4. The SMILES string of the molecule is CC(N)C(SC#N)C(=O)OC12CC3CC(CC(C3)C1)C2. The molecule has 4 bridgehead atoms. The molecule has 2 atom stereocenters. The Bertz CT molecular complexity index is 408. The molecule has 4 fully saturated rings. The van der Waals surface area contributed by atoms with Crippen LogP contribution in [0, 0.1) is 28.4 Å². The van der Waals surface area contributed by atoms with Gasteiger partial charge in [-0.2, -0.15) is 5.26 Å². The van der Waals surface area contributed by atoms with Gasteiger partial charge in [0.05, 0.1) is 0 Å². The first kappa shape index (κ1) is 14.2. The van der Waals surface area contributed by atoms with E-state index in [-0.39, 0.29) is 17.6 Å². The highest BCUT2D eigenvalue weighted by Gasteiger charge is 2.53. The normalized spacial score (nSPS) is 41.0. The summed E-state index contributed by atoms with van der Waals surface area (Å²) in [6.07, 6.45) is 7.02. The fraction of sp³-hybridized carbons (Fsp3) is 0.867. The van der Waals surface area contributed by atoms with E-state index in [0.29, 0.717) is 0 Å². The van der Waals surface area contributed by atoms with Gasteiger partial charge in [0.1, 0.15) is 16.3 Å². The minimum Gasteiger partial charge on any atom is -0.458 e. The summed E-state index contributed by atoms with van der Waals surface area (Å²) in [5.74, 6) is 1.94. The number of nitriles is 1. The molecule has 0 aliphatic heterocycles. The number of thiocyanates is 1. The molecule has 4 nitrogen and oxygen atoms in total. The molecule has 4 aliphatic carbocycles. The zero-order valence-electron chi connectivity index (χ0n) is 11.9. The fourth-order valence-corrected chi connectivity index (χ4v) is 5.33. The second-order valence-corrected chi connectivity index (χ2v) is 7.94. The lowest BCUT2D eigenvalue weighted by Gasteiger charge is -2.55. The fourth-order valence-electron chi connectivity index (χ4n) is 4.85. The number of rotatable bonds is 4. The molecule has 2 unspecified atom stereocenters. The second kappa shape index (κ2) is 5.23. The maximum absolute atomic E-state index is 12.4. The Labute approximate surface area is 124 Å². The van der Waals surface area contributed by atoms with Gasteiger partial charge in [-0.1, -0.05) is 0 Å². The first-order valence-electron chi connectivity index (χ1n) is 7.54. The smallest absolute Gasteiger partial charge is 0.322 e. The average Bonchev–Trinajstić information content (AvgIpc) is 2.32. The Hall–Kier alpha value is -0.730. The number of carbonyl (C=O) groups is 1. The first-order chi connectivity index (χ1) is 9.51. The van der Waals surface area contributed by atoms with E-state index in [1.54, 1.807) is 6.92 Å². The number of nitrogens with zero attached hydrogens (tertiary/aromatic N) is 1. The number of nitrogens with two attached hydrogens (primary N) is 1. The van der Waals surface area contributed by atoms with Crippen LogP contribution in [0.1, 0.15) is 45.4 Å². The number of ether oxygens (including phenoxy) is 1. The predicted octanol–water partition coefficient (Wildman–Crippen LogP) is 2.43. The minimum atomic E-state index is -0.562. The number of carbonyl (C=O) groups excluding carboxylic acids is 1. The van der Waals surface area contributed by atoms with Gasteiger partial charge in [0.25, 0.3) is 0 Å². The molecule has 0 aromatic rings. The molecule has 0 radical (unpaired) electrons. The summed E-state index contributed by atoms with van der Waals surface area (Å²) in [5.41, 5.74) is 5.58. The van der Waals surface area contributed by atoms with E-state index in [9.17, 15) is 4.79 Å². The molecule has 0 aromatic heterocycles. The summed E-state index contributed by atoms with van der Waals surface area (Å²) >= 11 is 0.927. The molecular weight excluding hydrogens is 272 g/mol. The van der Waals surface area contributed by atoms with Crippen LogP contribution in [0.5, 0.6) is 0 Å². The van der Waals surface area contributed by atoms with Crippen molar-refractivity contribution in [1.29, 1.82) is 5.26 Å². The van der Waals surface area contributed by atoms with E-state index < -0.39 is 5.25 Å². The molecule has 110 valence electrons. The van der Waals surface area contributed by atoms with Crippen LogP contribution in [0.3, 0.4) is 0 Å². The van der Waals surface area contributed by atoms with Crippen LogP contribution in [0.4, 0.5) is 0 Å². The van der Waals surface area contributed by atoms with Crippen molar-refractivity contribution in [2.75, 3.05) is 0 Å². The number of esters is 1. The van der Waals surface area contributed by atoms with E-state index in [0.717, 1.165) is 48.8 Å². The summed E-state index contributed by atoms with van der Waals surface area (Å²) in [4.78, 5) is 12.4. The van der Waals surface area contributed by atoms with Crippen molar-refractivity contribution in [3.05, 3.63) is 0 Å². The molecular formula is C15H22N2O2S. The summed E-state index contributed by atoms with van der Waals surface area (Å²) in [7, 11) is 0. The third-order valence-corrected chi connectivity index (χ3v) is 6.17. The molecule has 5 heteroatoms. The summed E-state index contributed by atoms with van der Waals surface area (Å²) in [5, 5.41) is 10.2. The third-order valence-electron chi connectivity index (χ3n) is 5.19. The monoisotopic (exact) mass is 294 g/mol. The summed E-state index contributed by atoms with van der Waals surface area (Å²) in [6, 6.07) is -0.360. The van der Waals surface area contributed by atoms with Gasteiger partial charge >= 0.3 is 5.97 Å². The van der Waals surface area contributed by atoms with Crippen molar-refractivity contribution in [2.24, 2.45) is 23.5 Å². The molecule has 20 heavy (non-hydrogen) atoms. The van der Waals surface area contributed by atoms with Crippen LogP contribution in [-0.2, 0) is 9.53 Å². The summed E-state index contributed by atoms with van der Waals surface area (Å²) < 4.78 is 5.94. The van der Waals surface area contributed by atoms with Gasteiger partial charge in [0.15, 0.2) is 0 Å². The van der Waals surface area contributed by atoms with Crippen molar-refractivity contribution < 1.29 is 9.53 Å². The van der Waals surface area contributed by atoms with Crippen LogP contribution in [0.2, 0.25) is 0 Å². The van der Waals surface area contributed by atoms with Crippen LogP contribution < -0.4 is 5.73 Å². The van der Waals surface area contributed by atoms with Crippen LogP contribution >= 0.6 is 11.8 Å². The highest BCUT2D eigenvalue weighted by molar-refractivity contribution is 8.05. The topological polar surface area (TPSA) is 76.1 Å². The lowest BCUT2D eigenvalue weighted by Crippen LogP contribution is -2.54.